The molecule has 1 saturated heterocycles. The number of amides is 3. The first-order valence-corrected chi connectivity index (χ1v) is 19.7. The van der Waals surface area contributed by atoms with Crippen LogP contribution in [-0.4, -0.2) is 66.7 Å². The molecule has 1 saturated carbocycles. The number of aromatic nitrogens is 1. The molecule has 0 spiro atoms. The van der Waals surface area contributed by atoms with Crippen LogP contribution < -0.4 is 21.1 Å². The topological polar surface area (TPSA) is 136 Å². The normalized spacial score (nSPS) is 17.5. The zero-order valence-electron chi connectivity index (χ0n) is 31.5. The molecule has 10 nitrogen and oxygen atoms in total. The summed E-state index contributed by atoms with van der Waals surface area (Å²) in [5.41, 5.74) is 11.3. The summed E-state index contributed by atoms with van der Waals surface area (Å²) in [6, 6.07) is 25.5. The van der Waals surface area contributed by atoms with Crippen molar-refractivity contribution >= 4 is 34.5 Å². The van der Waals surface area contributed by atoms with E-state index in [1.165, 1.54) is 19.1 Å². The molecule has 3 atom stereocenters. The lowest BCUT2D eigenvalue weighted by atomic mass is 9.82. The molecule has 6 rings (SSSR count). The number of hydrogen-bond donors (Lipinski definition) is 3. The number of anilines is 1. The fourth-order valence-electron chi connectivity index (χ4n) is 7.97. The van der Waals surface area contributed by atoms with Gasteiger partial charge in [-0.25, -0.2) is 4.79 Å². The fourth-order valence-corrected chi connectivity index (χ4v) is 7.97. The number of ether oxygens (including phenoxy) is 2. The van der Waals surface area contributed by atoms with Gasteiger partial charge in [-0.05, 0) is 117 Å². The minimum absolute atomic E-state index is 0.0367. The van der Waals surface area contributed by atoms with Crippen molar-refractivity contribution in [1.29, 1.82) is 0 Å². The summed E-state index contributed by atoms with van der Waals surface area (Å²) in [5.74, 6) is 0.846. The van der Waals surface area contributed by atoms with Crippen LogP contribution in [0.25, 0.3) is 10.9 Å². The molecule has 0 bridgehead atoms. The number of nitrogens with zero attached hydrogens (tertiary/aromatic N) is 2. The third kappa shape index (κ3) is 10.6. The fraction of sp³-hybridized carbons (Fsp3) is 0.455. The van der Waals surface area contributed by atoms with Gasteiger partial charge in [0.2, 0.25) is 11.8 Å². The van der Waals surface area contributed by atoms with Crippen LogP contribution in [0.3, 0.4) is 0 Å². The van der Waals surface area contributed by atoms with Gasteiger partial charge in [0.25, 0.3) is 0 Å². The van der Waals surface area contributed by atoms with E-state index in [9.17, 15) is 14.4 Å². The average molecular weight is 734 g/mol. The molecule has 2 fully saturated rings. The van der Waals surface area contributed by atoms with Crippen LogP contribution in [0.1, 0.15) is 86.8 Å². The van der Waals surface area contributed by atoms with Gasteiger partial charge in [0, 0.05) is 36.3 Å². The molecule has 1 aromatic heterocycles. The number of carbonyl (C=O) groups excluding carboxylic acids is 3. The van der Waals surface area contributed by atoms with Gasteiger partial charge >= 0.3 is 6.09 Å². The van der Waals surface area contributed by atoms with E-state index in [0.29, 0.717) is 26.1 Å². The number of carbonyl (C=O) groups is 3. The van der Waals surface area contributed by atoms with Gasteiger partial charge in [0.1, 0.15) is 11.8 Å². The second kappa shape index (κ2) is 19.4. The number of likely N-dealkylation sites (tertiary alicyclic amines) is 1. The van der Waals surface area contributed by atoms with E-state index in [0.717, 1.165) is 97.7 Å². The van der Waals surface area contributed by atoms with Crippen molar-refractivity contribution in [2.24, 2.45) is 11.7 Å². The number of unbranched alkanes of at least 4 members (excludes halogenated alkanes) is 2. The SMILES string of the molecule is COC(=O)NCC(Cc1cnc2ccccc2c1)c1ccc(OCCCCCc2ccc(NC(=O)C(C3CCCCC3)N3CCCC(N)C3=O)cc2)cc1. The summed E-state index contributed by atoms with van der Waals surface area (Å²) >= 11 is 0. The molecule has 286 valence electrons. The monoisotopic (exact) mass is 733 g/mol. The highest BCUT2D eigenvalue weighted by Gasteiger charge is 2.40. The molecule has 2 heterocycles. The van der Waals surface area contributed by atoms with Crippen LogP contribution in [0.2, 0.25) is 0 Å². The van der Waals surface area contributed by atoms with Crippen molar-refractivity contribution in [3.05, 3.63) is 102 Å². The van der Waals surface area contributed by atoms with E-state index < -0.39 is 18.2 Å². The first-order chi connectivity index (χ1) is 26.4. The number of alkyl carbamates (subject to hydrolysis) is 1. The Labute approximate surface area is 319 Å². The quantitative estimate of drug-likeness (QED) is 0.101. The van der Waals surface area contributed by atoms with Crippen LogP contribution in [0, 0.1) is 5.92 Å². The van der Waals surface area contributed by atoms with Gasteiger partial charge < -0.3 is 30.7 Å². The maximum absolute atomic E-state index is 13.7. The number of aryl methyl sites for hydroxylation is 1. The van der Waals surface area contributed by atoms with Crippen molar-refractivity contribution in [1.82, 2.24) is 15.2 Å². The average Bonchev–Trinajstić information content (AvgIpc) is 3.20. The summed E-state index contributed by atoms with van der Waals surface area (Å²) < 4.78 is 10.9. The highest BCUT2D eigenvalue weighted by molar-refractivity contribution is 5.98. The highest BCUT2D eigenvalue weighted by Crippen LogP contribution is 2.32. The minimum atomic E-state index is -0.511. The summed E-state index contributed by atoms with van der Waals surface area (Å²) in [4.78, 5) is 44.9. The molecule has 4 N–H and O–H groups in total. The second-order valence-corrected chi connectivity index (χ2v) is 14.8. The Bertz CT molecular complexity index is 1830. The number of rotatable bonds is 16. The highest BCUT2D eigenvalue weighted by atomic mass is 16.5. The maximum Gasteiger partial charge on any atom is 0.406 e. The standard InChI is InChI=1S/C44H55N5O5/c1-53-44(52)47-30-36(28-32-27-35-14-7-8-16-40(35)46-29-32)33-19-23-38(24-20-33)54-26-9-3-4-11-31-17-21-37(22-18-31)48-42(50)41(34-12-5-2-6-13-34)49-25-10-15-39(45)43(49)51/h7-8,14,16-24,27,29,34,36,39,41H,2-6,9-13,15,25-26,28,30,45H2,1H3,(H,47,52)(H,48,50). The van der Waals surface area contributed by atoms with E-state index in [4.69, 9.17) is 15.2 Å². The number of benzene rings is 3. The van der Waals surface area contributed by atoms with Gasteiger partial charge in [0.15, 0.2) is 0 Å². The Hall–Kier alpha value is -4.96. The van der Waals surface area contributed by atoms with E-state index in [1.807, 2.05) is 48.7 Å². The number of hydrogen-bond acceptors (Lipinski definition) is 7. The number of piperidine rings is 1. The molecular formula is C44H55N5O5. The summed E-state index contributed by atoms with van der Waals surface area (Å²) in [5, 5.41) is 7.08. The van der Waals surface area contributed by atoms with Crippen LogP contribution in [0.5, 0.6) is 5.75 Å². The number of nitrogens with two attached hydrogens (primary N) is 1. The van der Waals surface area contributed by atoms with Crippen LogP contribution in [0.4, 0.5) is 10.5 Å². The lowest BCUT2D eigenvalue weighted by Gasteiger charge is -2.41. The molecule has 3 amide bonds. The van der Waals surface area contributed by atoms with Crippen molar-refractivity contribution < 1.29 is 23.9 Å². The van der Waals surface area contributed by atoms with Crippen molar-refractivity contribution in [3.63, 3.8) is 0 Å². The maximum atomic E-state index is 13.7. The van der Waals surface area contributed by atoms with Crippen LogP contribution >= 0.6 is 0 Å². The Morgan fingerprint density at radius 1 is 0.907 bits per heavy atom. The summed E-state index contributed by atoms with van der Waals surface area (Å²) in [6.07, 6.45) is 13.0. The number of fused-ring (bicyclic) bond motifs is 1. The van der Waals surface area contributed by atoms with Crippen molar-refractivity contribution in [3.8, 4) is 5.75 Å². The molecule has 4 aromatic rings. The Morgan fingerprint density at radius 2 is 1.69 bits per heavy atom. The summed E-state index contributed by atoms with van der Waals surface area (Å²) in [6.45, 7) is 1.67. The molecule has 10 heteroatoms. The number of para-hydroxylation sites is 1. The lowest BCUT2D eigenvalue weighted by molar-refractivity contribution is -0.144. The largest absolute Gasteiger partial charge is 0.494 e. The molecule has 1 aliphatic heterocycles. The molecule has 3 unspecified atom stereocenters. The molecule has 0 radical (unpaired) electrons. The van der Waals surface area contributed by atoms with Crippen LogP contribution in [0.15, 0.2) is 85.1 Å². The Morgan fingerprint density at radius 3 is 2.46 bits per heavy atom. The van der Waals surface area contributed by atoms with Gasteiger partial charge in [0.05, 0.1) is 25.3 Å². The second-order valence-electron chi connectivity index (χ2n) is 14.8. The van der Waals surface area contributed by atoms with Gasteiger partial charge in [-0.1, -0.05) is 61.7 Å². The molecular weight excluding hydrogens is 679 g/mol. The number of pyridine rings is 1. The molecule has 1 aliphatic carbocycles. The lowest BCUT2D eigenvalue weighted by Crippen LogP contribution is -2.58. The predicted molar refractivity (Wildman–Crippen MR) is 212 cm³/mol. The van der Waals surface area contributed by atoms with Gasteiger partial charge in [-0.2, -0.15) is 0 Å². The summed E-state index contributed by atoms with van der Waals surface area (Å²) in [7, 11) is 1.37. The third-order valence-corrected chi connectivity index (χ3v) is 11.0. The first kappa shape index (κ1) is 38.8. The van der Waals surface area contributed by atoms with E-state index in [-0.39, 0.29) is 23.7 Å². The van der Waals surface area contributed by atoms with Gasteiger partial charge in [-0.3, -0.25) is 14.6 Å². The third-order valence-electron chi connectivity index (χ3n) is 11.0. The Balaban J connectivity index is 0.942. The van der Waals surface area contributed by atoms with Gasteiger partial charge in [-0.15, -0.1) is 0 Å². The molecule has 2 aliphatic rings. The van der Waals surface area contributed by atoms with Crippen LogP contribution in [-0.2, 0) is 27.2 Å². The number of methoxy groups -OCH3 is 1. The molecule has 54 heavy (non-hydrogen) atoms. The Kier molecular flexibility index (Phi) is 13.9. The first-order valence-electron chi connectivity index (χ1n) is 19.7. The van der Waals surface area contributed by atoms with E-state index in [1.54, 1.807) is 4.90 Å². The molecule has 3 aromatic carbocycles. The van der Waals surface area contributed by atoms with Crippen molar-refractivity contribution in [2.75, 3.05) is 32.1 Å². The predicted octanol–water partition coefficient (Wildman–Crippen LogP) is 7.55. The van der Waals surface area contributed by atoms with E-state index >= 15 is 0 Å². The zero-order valence-corrected chi connectivity index (χ0v) is 31.5. The number of nitrogens with one attached hydrogen (secondary N) is 2. The smallest absolute Gasteiger partial charge is 0.406 e. The van der Waals surface area contributed by atoms with E-state index in [2.05, 4.69) is 52.0 Å². The zero-order chi connectivity index (χ0) is 37.7. The minimum Gasteiger partial charge on any atom is -0.494 e. The van der Waals surface area contributed by atoms with Crippen molar-refractivity contribution in [2.45, 2.75) is 95.1 Å².